The number of nitrogens with one attached hydrogen (secondary N) is 1. The van der Waals surface area contributed by atoms with E-state index < -0.39 is 6.04 Å². The first-order valence-electron chi connectivity index (χ1n) is 12.4. The highest BCUT2D eigenvalue weighted by Crippen LogP contribution is 2.38. The summed E-state index contributed by atoms with van der Waals surface area (Å²) in [7, 11) is 0. The Kier molecular flexibility index (Phi) is 8.46. The number of benzene rings is 2. The van der Waals surface area contributed by atoms with Gasteiger partial charge in [0.05, 0.1) is 12.6 Å². The Hall–Kier alpha value is -2.84. The molecule has 4 rings (SSSR count). The first-order valence-corrected chi connectivity index (χ1v) is 12.4. The van der Waals surface area contributed by atoms with E-state index in [-0.39, 0.29) is 29.3 Å². The number of fused-ring (bicyclic) bond motifs is 1. The second-order valence-corrected chi connectivity index (χ2v) is 9.27. The summed E-state index contributed by atoms with van der Waals surface area (Å²) in [5.74, 6) is -0.793. The van der Waals surface area contributed by atoms with E-state index in [0.29, 0.717) is 44.6 Å². The molecule has 1 saturated heterocycles. The summed E-state index contributed by atoms with van der Waals surface area (Å²) in [6.07, 6.45) is 1.70. The molecule has 35 heavy (non-hydrogen) atoms. The molecular formula is C27H33F2N3O3. The van der Waals surface area contributed by atoms with Gasteiger partial charge in [0.25, 0.3) is 0 Å². The van der Waals surface area contributed by atoms with Crippen molar-refractivity contribution in [1.82, 2.24) is 9.80 Å². The molecule has 0 spiro atoms. The van der Waals surface area contributed by atoms with Crippen LogP contribution >= 0.6 is 0 Å². The number of ether oxygens (including phenoxy) is 1. The third-order valence-corrected chi connectivity index (χ3v) is 6.93. The number of anilines is 1. The lowest BCUT2D eigenvalue weighted by Gasteiger charge is -2.34. The lowest BCUT2D eigenvalue weighted by molar-refractivity contribution is -0.143. The van der Waals surface area contributed by atoms with Crippen LogP contribution in [0.2, 0.25) is 0 Å². The van der Waals surface area contributed by atoms with Crippen LogP contribution in [0.5, 0.6) is 0 Å². The van der Waals surface area contributed by atoms with E-state index in [2.05, 4.69) is 15.1 Å². The number of esters is 1. The van der Waals surface area contributed by atoms with Crippen molar-refractivity contribution in [2.45, 2.75) is 38.1 Å². The molecule has 2 aliphatic heterocycles. The molecule has 0 aromatic heterocycles. The van der Waals surface area contributed by atoms with E-state index in [1.54, 1.807) is 25.1 Å². The maximum atomic E-state index is 14.1. The van der Waals surface area contributed by atoms with Crippen LogP contribution in [0.25, 0.3) is 0 Å². The fourth-order valence-corrected chi connectivity index (χ4v) is 4.88. The van der Waals surface area contributed by atoms with Crippen molar-refractivity contribution in [1.29, 1.82) is 0 Å². The van der Waals surface area contributed by atoms with Crippen LogP contribution in [0.1, 0.15) is 43.2 Å². The number of carbonyl (C=O) groups is 2. The maximum Gasteiger partial charge on any atom is 0.305 e. The van der Waals surface area contributed by atoms with E-state index in [9.17, 15) is 18.4 Å². The minimum atomic E-state index is -0.410. The van der Waals surface area contributed by atoms with Crippen LogP contribution in [0.3, 0.4) is 0 Å². The summed E-state index contributed by atoms with van der Waals surface area (Å²) >= 11 is 0. The van der Waals surface area contributed by atoms with Crippen molar-refractivity contribution < 1.29 is 23.1 Å². The summed E-state index contributed by atoms with van der Waals surface area (Å²) in [6, 6.07) is 10.6. The first-order chi connectivity index (χ1) is 16.9. The number of hydrogen-bond donors (Lipinski definition) is 1. The zero-order chi connectivity index (χ0) is 24.8. The fourth-order valence-electron chi connectivity index (χ4n) is 4.88. The van der Waals surface area contributed by atoms with E-state index in [4.69, 9.17) is 4.74 Å². The number of carbonyl (C=O) groups excluding carboxylic acids is 2. The molecule has 0 bridgehead atoms. The minimum Gasteiger partial charge on any atom is -0.464 e. The molecular weight excluding hydrogens is 452 g/mol. The van der Waals surface area contributed by atoms with Gasteiger partial charge in [0, 0.05) is 50.7 Å². The molecule has 2 heterocycles. The lowest BCUT2D eigenvalue weighted by atomic mass is 9.86. The predicted octanol–water partition coefficient (Wildman–Crippen LogP) is 3.81. The summed E-state index contributed by atoms with van der Waals surface area (Å²) < 4.78 is 32.7. The normalized spacial score (nSPS) is 21.0. The van der Waals surface area contributed by atoms with Crippen LogP contribution in [0.15, 0.2) is 42.5 Å². The predicted molar refractivity (Wildman–Crippen MR) is 130 cm³/mol. The number of rotatable bonds is 8. The van der Waals surface area contributed by atoms with Crippen molar-refractivity contribution in [3.05, 3.63) is 65.2 Å². The lowest BCUT2D eigenvalue weighted by Crippen LogP contribution is -2.50. The van der Waals surface area contributed by atoms with Gasteiger partial charge < -0.3 is 10.1 Å². The Balaban J connectivity index is 1.35. The molecule has 2 atom stereocenters. The molecule has 2 aliphatic rings. The molecule has 0 aliphatic carbocycles. The van der Waals surface area contributed by atoms with E-state index in [1.165, 1.54) is 24.3 Å². The number of nitrogens with zero attached hydrogens (tertiary/aromatic N) is 2. The highest BCUT2D eigenvalue weighted by Gasteiger charge is 2.30. The van der Waals surface area contributed by atoms with E-state index >= 15 is 0 Å². The van der Waals surface area contributed by atoms with Crippen molar-refractivity contribution >= 4 is 17.4 Å². The average Bonchev–Trinajstić information content (AvgIpc) is 3.05. The second kappa shape index (κ2) is 11.7. The van der Waals surface area contributed by atoms with Gasteiger partial charge in [0.2, 0.25) is 0 Å². The quantitative estimate of drug-likeness (QED) is 0.574. The molecule has 8 heteroatoms. The zero-order valence-electron chi connectivity index (χ0n) is 20.1. The maximum absolute atomic E-state index is 14.1. The fraction of sp³-hybridized carbons (Fsp3) is 0.481. The summed E-state index contributed by atoms with van der Waals surface area (Å²) in [5, 5.41) is 3.30. The summed E-state index contributed by atoms with van der Waals surface area (Å²) in [4.78, 5) is 28.9. The Bertz CT molecular complexity index is 1020. The SMILES string of the molecule is CCC(=O)OCCN1CCN(CC(=O)C2CCC(c3ccc(F)cc3)c3ccc(F)cc3N2)CC1. The van der Waals surface area contributed by atoms with Gasteiger partial charge >= 0.3 is 5.97 Å². The van der Waals surface area contributed by atoms with Gasteiger partial charge in [-0.05, 0) is 48.2 Å². The molecule has 188 valence electrons. The molecule has 6 nitrogen and oxygen atoms in total. The number of halogens is 2. The van der Waals surface area contributed by atoms with Gasteiger partial charge in [0.1, 0.15) is 18.2 Å². The van der Waals surface area contributed by atoms with Gasteiger partial charge in [0.15, 0.2) is 5.78 Å². The van der Waals surface area contributed by atoms with Crippen molar-refractivity contribution in [2.75, 3.05) is 51.2 Å². The standard InChI is InChI=1S/C27H33F2N3O3/c1-2-27(34)35-16-15-31-11-13-32(14-12-31)18-26(33)24-10-9-22(19-3-5-20(28)6-4-19)23-8-7-21(29)17-25(23)30-24/h3-8,17,22,24,30H,2,9-16,18H2,1H3. The number of ketones is 1. The second-order valence-electron chi connectivity index (χ2n) is 9.27. The molecule has 2 unspecified atom stereocenters. The Morgan fingerprint density at radius 2 is 1.66 bits per heavy atom. The molecule has 1 N–H and O–H groups in total. The third kappa shape index (κ3) is 6.64. The number of Topliss-reactive ketones (excluding diaryl/α,β-unsaturated/α-hetero) is 1. The largest absolute Gasteiger partial charge is 0.464 e. The van der Waals surface area contributed by atoms with Crippen molar-refractivity contribution in [3.63, 3.8) is 0 Å². The zero-order valence-corrected chi connectivity index (χ0v) is 20.1. The molecule has 0 saturated carbocycles. The van der Waals surface area contributed by atoms with Gasteiger partial charge in [-0.25, -0.2) is 8.78 Å². The molecule has 2 aromatic rings. The molecule has 0 radical (unpaired) electrons. The summed E-state index contributed by atoms with van der Waals surface area (Å²) in [6.45, 7) is 6.37. The highest BCUT2D eigenvalue weighted by atomic mass is 19.1. The van der Waals surface area contributed by atoms with Crippen molar-refractivity contribution in [2.24, 2.45) is 0 Å². The van der Waals surface area contributed by atoms with Gasteiger partial charge in [-0.2, -0.15) is 0 Å². The third-order valence-electron chi connectivity index (χ3n) is 6.93. The Morgan fingerprint density at radius 1 is 0.971 bits per heavy atom. The highest BCUT2D eigenvalue weighted by molar-refractivity contribution is 5.89. The smallest absolute Gasteiger partial charge is 0.305 e. The van der Waals surface area contributed by atoms with Gasteiger partial charge in [-0.3, -0.25) is 19.4 Å². The molecule has 1 fully saturated rings. The van der Waals surface area contributed by atoms with E-state index in [0.717, 1.165) is 37.3 Å². The van der Waals surface area contributed by atoms with Gasteiger partial charge in [-0.15, -0.1) is 0 Å². The van der Waals surface area contributed by atoms with Crippen LogP contribution in [0, 0.1) is 11.6 Å². The number of piperazine rings is 1. The Morgan fingerprint density at radius 3 is 2.37 bits per heavy atom. The first kappa shape index (κ1) is 25.3. The van der Waals surface area contributed by atoms with Crippen molar-refractivity contribution in [3.8, 4) is 0 Å². The molecule has 0 amide bonds. The summed E-state index contributed by atoms with van der Waals surface area (Å²) in [5.41, 5.74) is 2.50. The van der Waals surface area contributed by atoms with Gasteiger partial charge in [-0.1, -0.05) is 25.1 Å². The number of hydrogen-bond acceptors (Lipinski definition) is 6. The van der Waals surface area contributed by atoms with Crippen LogP contribution < -0.4 is 5.32 Å². The average molecular weight is 486 g/mol. The minimum absolute atomic E-state index is 0.0400. The topological polar surface area (TPSA) is 61.9 Å². The van der Waals surface area contributed by atoms with Crippen LogP contribution in [-0.4, -0.2) is 73.5 Å². The molecule has 2 aromatic carbocycles. The monoisotopic (exact) mass is 485 g/mol. The van der Waals surface area contributed by atoms with Crippen LogP contribution in [-0.2, 0) is 14.3 Å². The van der Waals surface area contributed by atoms with Crippen LogP contribution in [0.4, 0.5) is 14.5 Å². The van der Waals surface area contributed by atoms with E-state index in [1.807, 2.05) is 0 Å². The Labute approximate surface area is 205 Å².